The number of nitriles is 1. The summed E-state index contributed by atoms with van der Waals surface area (Å²) in [5.74, 6) is -2.00. The number of nitrogens with zero attached hydrogens (tertiary/aromatic N) is 4. The molecule has 2 heterocycles. The zero-order chi connectivity index (χ0) is 50.9. The van der Waals surface area contributed by atoms with Gasteiger partial charge < -0.3 is 41.6 Å². The Hall–Kier alpha value is -6.54. The summed E-state index contributed by atoms with van der Waals surface area (Å²) in [6.07, 6.45) is 3.71. The fourth-order valence-electron chi connectivity index (χ4n) is 9.00. The lowest BCUT2D eigenvalue weighted by molar-refractivity contribution is -0.142. The first-order valence-corrected chi connectivity index (χ1v) is 24.5. The molecule has 4 aromatic rings. The topological polar surface area (TPSA) is 256 Å². The quantitative estimate of drug-likeness (QED) is 0.0565. The Morgan fingerprint density at radius 1 is 0.843 bits per heavy atom. The summed E-state index contributed by atoms with van der Waals surface area (Å²) >= 11 is 0. The maximum Gasteiger partial charge on any atom is 0.226 e. The van der Waals surface area contributed by atoms with E-state index in [1.807, 2.05) is 36.4 Å². The largest absolute Gasteiger partial charge is 0.492 e. The number of carbonyl (C=O) groups excluding carboxylic acids is 5. The van der Waals surface area contributed by atoms with Crippen LogP contribution in [0.25, 0.3) is 22.5 Å². The Morgan fingerprint density at radius 3 is 2.04 bits per heavy atom. The molecule has 0 fully saturated rings. The van der Waals surface area contributed by atoms with Gasteiger partial charge in [0.15, 0.2) is 23.2 Å². The summed E-state index contributed by atoms with van der Waals surface area (Å²) in [6, 6.07) is 17.8. The minimum atomic E-state index is -1.25. The molecule has 16 heteroatoms. The van der Waals surface area contributed by atoms with Gasteiger partial charge in [0.05, 0.1) is 35.2 Å². The van der Waals surface area contributed by atoms with Gasteiger partial charge in [-0.25, -0.2) is 9.97 Å². The number of hydrogen-bond donors (Lipinski definition) is 4. The summed E-state index contributed by atoms with van der Waals surface area (Å²) in [5, 5.41) is 12.1. The summed E-state index contributed by atoms with van der Waals surface area (Å²) < 4.78 is 18.5. The van der Waals surface area contributed by atoms with Gasteiger partial charge >= 0.3 is 0 Å². The van der Waals surface area contributed by atoms with Crippen molar-refractivity contribution in [3.8, 4) is 45.8 Å². The fourth-order valence-corrected chi connectivity index (χ4v) is 9.00. The minimum Gasteiger partial charge on any atom is -0.492 e. The average molecular weight is 959 g/mol. The van der Waals surface area contributed by atoms with Crippen LogP contribution in [0.5, 0.6) is 17.2 Å². The number of carbonyl (C=O) groups is 5. The lowest BCUT2D eigenvalue weighted by atomic mass is 9.88. The number of nitrogens with two attached hydrogens (primary N) is 3. The second-order valence-electron chi connectivity index (χ2n) is 18.0. The van der Waals surface area contributed by atoms with Crippen molar-refractivity contribution in [2.45, 2.75) is 117 Å². The number of hydrogen-bond acceptors (Lipinski definition) is 14. The van der Waals surface area contributed by atoms with Gasteiger partial charge in [-0.15, -0.1) is 0 Å². The van der Waals surface area contributed by atoms with Crippen molar-refractivity contribution in [1.29, 1.82) is 5.26 Å². The highest BCUT2D eigenvalue weighted by Gasteiger charge is 2.36. The molecule has 1 aliphatic heterocycles. The SMILES string of the molecule is CCCC(CCC)Oc1ccc(-c2nc(C)c(C(=O)C[C@@H](CCN)C(=O)N(C)[C@@H]3C(=O)C[C@@H](C)C(=O)N[C@H](C(=O)CCC#N)Cc4ccc(OCCN)c(c4)-c4cc3ccc4OCCN)c(C)n2)cc1. The van der Waals surface area contributed by atoms with Crippen LogP contribution in [0.3, 0.4) is 0 Å². The van der Waals surface area contributed by atoms with Gasteiger partial charge in [0, 0.05) is 74.3 Å². The molecular formula is C54H70N8O8. The molecule has 374 valence electrons. The molecule has 16 nitrogen and oxygen atoms in total. The number of ketones is 3. The lowest BCUT2D eigenvalue weighted by Crippen LogP contribution is -2.46. The van der Waals surface area contributed by atoms with E-state index in [0.29, 0.717) is 56.5 Å². The number of rotatable bonds is 23. The van der Waals surface area contributed by atoms with Crippen LogP contribution in [-0.2, 0) is 25.6 Å². The molecule has 5 rings (SSSR count). The van der Waals surface area contributed by atoms with Gasteiger partial charge in [-0.1, -0.05) is 45.7 Å². The van der Waals surface area contributed by atoms with Gasteiger partial charge in [-0.2, -0.15) is 5.26 Å². The number of aromatic nitrogens is 2. The molecule has 3 aromatic carbocycles. The van der Waals surface area contributed by atoms with Crippen LogP contribution in [0.1, 0.15) is 117 Å². The molecule has 0 aliphatic carbocycles. The Bertz CT molecular complexity index is 2480. The van der Waals surface area contributed by atoms with Crippen molar-refractivity contribution in [2.75, 3.05) is 39.9 Å². The molecule has 70 heavy (non-hydrogen) atoms. The molecule has 4 bridgehead atoms. The van der Waals surface area contributed by atoms with Crippen LogP contribution in [0.2, 0.25) is 0 Å². The first-order valence-electron chi connectivity index (χ1n) is 24.5. The van der Waals surface area contributed by atoms with E-state index in [2.05, 4.69) is 19.2 Å². The third kappa shape index (κ3) is 14.0. The van der Waals surface area contributed by atoms with Gasteiger partial charge in [-0.3, -0.25) is 24.0 Å². The third-order valence-corrected chi connectivity index (χ3v) is 12.5. The molecule has 2 amide bonds. The standard InChI is InChI=1S/C54H70N8O8/c1-7-10-40(11-8-2)70-41-17-14-37(15-18-41)52-59-34(4)50(35(5)60-52)46(64)32-39(21-23-56)54(67)62(6)51-38-16-20-49(69-27-25-58)43(31-38)42-29-36(13-19-48(42)68-26-24-57)30-44(45(63)12-9-22-55)61-53(66)33(3)28-47(51)65/h13-20,29,31,33,39-40,44,51H,7-12,21,23-28,30,32,56-58H2,1-6H3,(H,61,66)/t33-,39-,44+,51+/m1/s1. The average Bonchev–Trinajstić information content (AvgIpc) is 3.34. The third-order valence-electron chi connectivity index (χ3n) is 12.5. The van der Waals surface area contributed by atoms with Gasteiger partial charge in [0.25, 0.3) is 0 Å². The first-order chi connectivity index (χ1) is 33.7. The number of nitrogens with one attached hydrogen (secondary N) is 1. The molecule has 1 aromatic heterocycles. The molecule has 0 unspecified atom stereocenters. The summed E-state index contributed by atoms with van der Waals surface area (Å²) in [4.78, 5) is 82.2. The van der Waals surface area contributed by atoms with E-state index < -0.39 is 41.5 Å². The van der Waals surface area contributed by atoms with Gasteiger partial charge in [-0.05, 0) is 106 Å². The van der Waals surface area contributed by atoms with Crippen LogP contribution in [-0.4, -0.2) is 96.1 Å². The number of fused-ring (bicyclic) bond motifs is 5. The monoisotopic (exact) mass is 959 g/mol. The smallest absolute Gasteiger partial charge is 0.226 e. The van der Waals surface area contributed by atoms with Crippen molar-refractivity contribution in [1.82, 2.24) is 20.2 Å². The number of Topliss-reactive ketones (excluding diaryl/α,β-unsaturated/α-hetero) is 3. The van der Waals surface area contributed by atoms with E-state index in [1.165, 1.54) is 11.9 Å². The number of benzene rings is 3. The van der Waals surface area contributed by atoms with Crippen molar-refractivity contribution in [3.05, 3.63) is 88.7 Å². The molecule has 0 radical (unpaired) electrons. The van der Waals surface area contributed by atoms with Crippen LogP contribution in [0.4, 0.5) is 0 Å². The Kier molecular flexibility index (Phi) is 20.5. The number of likely N-dealkylation sites (N-methyl/N-ethyl adjacent to an activating group) is 1. The summed E-state index contributed by atoms with van der Waals surface area (Å²) in [5.41, 5.74) is 22.0. The predicted molar refractivity (Wildman–Crippen MR) is 268 cm³/mol. The highest BCUT2D eigenvalue weighted by molar-refractivity contribution is 6.01. The molecule has 0 saturated carbocycles. The van der Waals surface area contributed by atoms with E-state index in [1.54, 1.807) is 51.1 Å². The van der Waals surface area contributed by atoms with Crippen molar-refractivity contribution >= 4 is 29.2 Å². The van der Waals surface area contributed by atoms with E-state index in [0.717, 1.165) is 37.0 Å². The van der Waals surface area contributed by atoms with Crippen molar-refractivity contribution in [2.24, 2.45) is 29.0 Å². The summed E-state index contributed by atoms with van der Waals surface area (Å²) in [6.45, 7) is 10.2. The van der Waals surface area contributed by atoms with Crippen molar-refractivity contribution in [3.63, 3.8) is 0 Å². The molecular weight excluding hydrogens is 889 g/mol. The zero-order valence-corrected chi connectivity index (χ0v) is 41.6. The second kappa shape index (κ2) is 26.4. The Labute approximate surface area is 412 Å². The van der Waals surface area contributed by atoms with E-state index in [4.69, 9.17) is 41.4 Å². The predicted octanol–water partition coefficient (Wildman–Crippen LogP) is 6.70. The first kappa shape index (κ1) is 54.4. The maximum absolute atomic E-state index is 14.9. The molecule has 4 atom stereocenters. The number of amides is 2. The van der Waals surface area contributed by atoms with Crippen LogP contribution >= 0.6 is 0 Å². The molecule has 7 N–H and O–H groups in total. The number of ether oxygens (including phenoxy) is 3. The van der Waals surface area contributed by atoms with Crippen molar-refractivity contribution < 1.29 is 38.2 Å². The normalized spacial score (nSPS) is 16.4. The van der Waals surface area contributed by atoms with E-state index in [9.17, 15) is 29.2 Å². The highest BCUT2D eigenvalue weighted by Crippen LogP contribution is 2.41. The minimum absolute atomic E-state index is 0.0343. The van der Waals surface area contributed by atoms with Crippen LogP contribution < -0.4 is 36.7 Å². The van der Waals surface area contributed by atoms with E-state index >= 15 is 0 Å². The highest BCUT2D eigenvalue weighted by atomic mass is 16.5. The number of aryl methyl sites for hydroxylation is 2. The molecule has 0 spiro atoms. The Morgan fingerprint density at radius 2 is 1.46 bits per heavy atom. The van der Waals surface area contributed by atoms with Crippen LogP contribution in [0.15, 0.2) is 60.7 Å². The van der Waals surface area contributed by atoms with E-state index in [-0.39, 0.29) is 89.0 Å². The second-order valence-corrected chi connectivity index (χ2v) is 18.0. The van der Waals surface area contributed by atoms with Crippen LogP contribution in [0, 0.1) is 37.0 Å². The summed E-state index contributed by atoms with van der Waals surface area (Å²) in [7, 11) is 1.50. The molecule has 0 saturated heterocycles. The lowest BCUT2D eigenvalue weighted by Gasteiger charge is -2.32. The van der Waals surface area contributed by atoms with Gasteiger partial charge in [0.2, 0.25) is 11.8 Å². The zero-order valence-electron chi connectivity index (χ0n) is 41.6. The van der Waals surface area contributed by atoms with Gasteiger partial charge in [0.1, 0.15) is 36.5 Å². The molecule has 1 aliphatic rings. The fraction of sp³-hybridized carbons (Fsp3) is 0.481. The Balaban J connectivity index is 1.52. The maximum atomic E-state index is 14.9.